The quantitative estimate of drug-likeness (QED) is 0.412. The molecule has 3 nitrogen and oxygen atoms in total. The van der Waals surface area contributed by atoms with Crippen molar-refractivity contribution >= 4 is 22.5 Å². The summed E-state index contributed by atoms with van der Waals surface area (Å²) in [6.45, 7) is 18.6. The van der Waals surface area contributed by atoms with Crippen LogP contribution < -0.4 is 11.5 Å². The molecule has 1 aromatic rings. The van der Waals surface area contributed by atoms with Gasteiger partial charge in [-0.25, -0.2) is 4.98 Å². The lowest BCUT2D eigenvalue weighted by molar-refractivity contribution is 0.233. The molecule has 0 bridgehead atoms. The molecule has 4 heteroatoms. The van der Waals surface area contributed by atoms with Gasteiger partial charge in [0.1, 0.15) is 0 Å². The molecule has 0 spiro atoms. The van der Waals surface area contributed by atoms with E-state index in [2.05, 4.69) is 46.2 Å². The van der Waals surface area contributed by atoms with Gasteiger partial charge in [-0.1, -0.05) is 91.4 Å². The van der Waals surface area contributed by atoms with Crippen molar-refractivity contribution in [3.63, 3.8) is 0 Å². The number of nitrogens with zero attached hydrogens (tertiary/aromatic N) is 1. The van der Waals surface area contributed by atoms with Crippen LogP contribution in [-0.2, 0) is 0 Å². The Kier molecular flexibility index (Phi) is 13.5. The van der Waals surface area contributed by atoms with E-state index >= 15 is 0 Å². The summed E-state index contributed by atoms with van der Waals surface area (Å²) in [4.78, 5) is 4.01. The molecule has 4 atom stereocenters. The number of hydrogen-bond acceptors (Lipinski definition) is 4. The Hall–Kier alpha value is -1.13. The van der Waals surface area contributed by atoms with Crippen molar-refractivity contribution in [2.24, 2.45) is 28.9 Å². The van der Waals surface area contributed by atoms with Gasteiger partial charge < -0.3 is 11.5 Å². The first-order valence-electron chi connectivity index (χ1n) is 12.9. The highest BCUT2D eigenvalue weighted by Gasteiger charge is 2.31. The van der Waals surface area contributed by atoms with Crippen molar-refractivity contribution in [2.75, 3.05) is 5.73 Å². The van der Waals surface area contributed by atoms with Crippen LogP contribution in [0.4, 0.5) is 5.13 Å². The molecule has 4 unspecified atom stereocenters. The lowest BCUT2D eigenvalue weighted by Gasteiger charge is -2.38. The van der Waals surface area contributed by atoms with Crippen molar-refractivity contribution in [3.8, 4) is 0 Å². The largest absolute Gasteiger partial charge is 0.375 e. The molecule has 1 aliphatic rings. The Balaban J connectivity index is 0.000000471. The Morgan fingerprint density at radius 2 is 1.66 bits per heavy atom. The van der Waals surface area contributed by atoms with Crippen LogP contribution in [0.25, 0.3) is 6.08 Å². The molecular formula is C28H51N3S. The van der Waals surface area contributed by atoms with Gasteiger partial charge in [-0.2, -0.15) is 0 Å². The maximum Gasteiger partial charge on any atom is 0.180 e. The monoisotopic (exact) mass is 461 g/mol. The summed E-state index contributed by atoms with van der Waals surface area (Å²) in [6.07, 6.45) is 16.9. The number of anilines is 1. The standard InChI is InChI=1S/C22H43N.C6H8N2S/c1-17-12-11-15-21(23)14-10-8-7-9-13-19(3)22(5,6)20(4)18(2)16-17;1-2-3-5-4-9-6(7)8-5/h17-19,21H,4,7-16,23H2,1-3,5-6H3;2-4H,1H3,(H2,7,8)/b;3-2-. The highest BCUT2D eigenvalue weighted by Crippen LogP contribution is 2.42. The van der Waals surface area contributed by atoms with Gasteiger partial charge in [0.15, 0.2) is 5.13 Å². The third kappa shape index (κ3) is 10.7. The average Bonchev–Trinajstić information content (AvgIpc) is 3.14. The summed E-state index contributed by atoms with van der Waals surface area (Å²) in [6, 6.07) is 0.431. The van der Waals surface area contributed by atoms with Crippen LogP contribution in [0, 0.1) is 23.2 Å². The molecule has 1 fully saturated rings. The van der Waals surface area contributed by atoms with Crippen molar-refractivity contribution in [2.45, 2.75) is 112 Å². The molecule has 32 heavy (non-hydrogen) atoms. The Labute approximate surface area is 203 Å². The first-order valence-corrected chi connectivity index (χ1v) is 13.7. The fourth-order valence-electron chi connectivity index (χ4n) is 4.81. The van der Waals surface area contributed by atoms with E-state index in [4.69, 9.17) is 11.5 Å². The molecule has 1 saturated carbocycles. The van der Waals surface area contributed by atoms with Gasteiger partial charge >= 0.3 is 0 Å². The minimum absolute atomic E-state index is 0.262. The normalized spacial score (nSPS) is 28.8. The number of aromatic nitrogens is 1. The highest BCUT2D eigenvalue weighted by atomic mass is 32.1. The fourth-order valence-corrected chi connectivity index (χ4v) is 5.34. The second kappa shape index (κ2) is 14.9. The van der Waals surface area contributed by atoms with E-state index in [1.165, 1.54) is 81.1 Å². The van der Waals surface area contributed by atoms with Crippen LogP contribution >= 0.6 is 11.3 Å². The smallest absolute Gasteiger partial charge is 0.180 e. The Morgan fingerprint density at radius 3 is 2.25 bits per heavy atom. The molecular weight excluding hydrogens is 410 g/mol. The zero-order valence-corrected chi connectivity index (χ0v) is 22.6. The maximum absolute atomic E-state index is 6.28. The van der Waals surface area contributed by atoms with Crippen LogP contribution in [0.5, 0.6) is 0 Å². The van der Waals surface area contributed by atoms with Crippen LogP contribution in [-0.4, -0.2) is 11.0 Å². The van der Waals surface area contributed by atoms with Gasteiger partial charge in [0.05, 0.1) is 5.69 Å². The molecule has 4 N–H and O–H groups in total. The molecule has 1 heterocycles. The van der Waals surface area contributed by atoms with Crippen molar-refractivity contribution in [1.82, 2.24) is 4.98 Å². The SMILES string of the molecule is C/C=C\c1csc(N)n1.C=C1C(C)CC(C)CCCC(N)CCCCCCC(C)C1(C)C. The number of rotatable bonds is 1. The third-order valence-corrected chi connectivity index (χ3v) is 8.21. The summed E-state index contributed by atoms with van der Waals surface area (Å²) in [5.74, 6) is 2.14. The third-order valence-electron chi connectivity index (χ3n) is 7.52. The van der Waals surface area contributed by atoms with E-state index in [1.807, 2.05) is 24.5 Å². The van der Waals surface area contributed by atoms with Gasteiger partial charge in [-0.05, 0) is 61.9 Å². The van der Waals surface area contributed by atoms with Gasteiger partial charge in [-0.15, -0.1) is 11.3 Å². The topological polar surface area (TPSA) is 64.9 Å². The van der Waals surface area contributed by atoms with E-state index in [9.17, 15) is 0 Å². The summed E-state index contributed by atoms with van der Waals surface area (Å²) in [5, 5.41) is 2.55. The number of nitrogen functional groups attached to an aromatic ring is 1. The minimum Gasteiger partial charge on any atom is -0.375 e. The van der Waals surface area contributed by atoms with Crippen LogP contribution in [0.3, 0.4) is 0 Å². The first kappa shape index (κ1) is 28.9. The van der Waals surface area contributed by atoms with Gasteiger partial charge in [0, 0.05) is 11.4 Å². The van der Waals surface area contributed by atoms with E-state index in [1.54, 1.807) is 0 Å². The molecule has 0 radical (unpaired) electrons. The van der Waals surface area contributed by atoms with E-state index in [-0.39, 0.29) is 5.41 Å². The van der Waals surface area contributed by atoms with Crippen LogP contribution in [0.1, 0.15) is 111 Å². The van der Waals surface area contributed by atoms with E-state index < -0.39 is 0 Å². The zero-order valence-electron chi connectivity index (χ0n) is 21.8. The van der Waals surface area contributed by atoms with Crippen LogP contribution in [0.15, 0.2) is 23.6 Å². The molecule has 0 aliphatic heterocycles. The van der Waals surface area contributed by atoms with Crippen molar-refractivity contribution < 1.29 is 0 Å². The lowest BCUT2D eigenvalue weighted by Crippen LogP contribution is -2.28. The van der Waals surface area contributed by atoms with Crippen LogP contribution in [0.2, 0.25) is 0 Å². The zero-order chi connectivity index (χ0) is 24.1. The predicted octanol–water partition coefficient (Wildman–Crippen LogP) is 8.48. The minimum atomic E-state index is 0.262. The second-order valence-electron chi connectivity index (χ2n) is 10.7. The lowest BCUT2D eigenvalue weighted by atomic mass is 9.67. The van der Waals surface area contributed by atoms with Gasteiger partial charge in [0.25, 0.3) is 0 Å². The molecule has 0 aromatic carbocycles. The molecule has 2 rings (SSSR count). The summed E-state index contributed by atoms with van der Waals surface area (Å²) in [7, 11) is 0. The Bertz CT molecular complexity index is 676. The fraction of sp³-hybridized carbons (Fsp3) is 0.750. The summed E-state index contributed by atoms with van der Waals surface area (Å²) >= 11 is 1.46. The average molecular weight is 462 g/mol. The highest BCUT2D eigenvalue weighted by molar-refractivity contribution is 7.13. The number of allylic oxidation sites excluding steroid dienone is 2. The maximum atomic E-state index is 6.28. The molecule has 0 amide bonds. The summed E-state index contributed by atoms with van der Waals surface area (Å²) in [5.41, 5.74) is 14.3. The predicted molar refractivity (Wildman–Crippen MR) is 146 cm³/mol. The number of hydrogen-bond donors (Lipinski definition) is 2. The Morgan fingerprint density at radius 1 is 1.03 bits per heavy atom. The van der Waals surface area contributed by atoms with E-state index in [0.29, 0.717) is 17.1 Å². The molecule has 0 saturated heterocycles. The first-order chi connectivity index (χ1) is 15.1. The van der Waals surface area contributed by atoms with Crippen molar-refractivity contribution in [3.05, 3.63) is 29.3 Å². The molecule has 1 aliphatic carbocycles. The number of thiazole rings is 1. The molecule has 184 valence electrons. The van der Waals surface area contributed by atoms with E-state index in [0.717, 1.165) is 17.5 Å². The van der Waals surface area contributed by atoms with Gasteiger partial charge in [-0.3, -0.25) is 0 Å². The van der Waals surface area contributed by atoms with Gasteiger partial charge in [0.2, 0.25) is 0 Å². The summed E-state index contributed by atoms with van der Waals surface area (Å²) < 4.78 is 0. The van der Waals surface area contributed by atoms with Crippen molar-refractivity contribution in [1.29, 1.82) is 0 Å². The number of nitrogens with two attached hydrogens (primary N) is 2. The molecule has 1 aromatic heterocycles. The second-order valence-corrected chi connectivity index (χ2v) is 11.6.